The number of aliphatic hydroxyl groups excluding tert-OH is 3. The summed E-state index contributed by atoms with van der Waals surface area (Å²) >= 11 is 5.76. The molecular weight excluding hydrogens is 453 g/mol. The zero-order valence-corrected chi connectivity index (χ0v) is 19.2. The molecule has 2 saturated heterocycles. The second-order valence-electron chi connectivity index (χ2n) is 8.63. The highest BCUT2D eigenvalue weighted by atomic mass is 35.5. The average molecular weight is 484 g/mol. The predicted molar refractivity (Wildman–Crippen MR) is 122 cm³/mol. The van der Waals surface area contributed by atoms with Crippen molar-refractivity contribution in [2.75, 3.05) is 52.4 Å². The normalized spacial score (nSPS) is 23.7. The molecular formula is C23H31ClFN3O5. The number of rotatable bonds is 7. The molecule has 0 bridgehead atoms. The van der Waals surface area contributed by atoms with Crippen LogP contribution in [0.4, 0.5) is 4.39 Å². The van der Waals surface area contributed by atoms with Crippen LogP contribution >= 0.6 is 11.6 Å². The van der Waals surface area contributed by atoms with E-state index in [1.807, 2.05) is 4.90 Å². The quantitative estimate of drug-likeness (QED) is 0.490. The molecule has 2 aliphatic rings. The smallest absolute Gasteiger partial charge is 0.246 e. The molecule has 1 aromatic carbocycles. The molecule has 10 heteroatoms. The molecule has 0 radical (unpaired) electrons. The van der Waals surface area contributed by atoms with Gasteiger partial charge in [0.25, 0.3) is 0 Å². The maximum atomic E-state index is 13.3. The molecule has 2 heterocycles. The van der Waals surface area contributed by atoms with Crippen LogP contribution in [0, 0.1) is 11.7 Å². The highest BCUT2D eigenvalue weighted by Gasteiger charge is 2.29. The summed E-state index contributed by atoms with van der Waals surface area (Å²) in [6, 6.07) is 4.18. The van der Waals surface area contributed by atoms with Crippen molar-refractivity contribution >= 4 is 29.5 Å². The van der Waals surface area contributed by atoms with E-state index < -0.39 is 18.0 Å². The van der Waals surface area contributed by atoms with Crippen LogP contribution in [0.3, 0.4) is 0 Å². The topological polar surface area (TPSA) is 105 Å². The number of carbonyl (C=O) groups excluding carboxylic acids is 2. The lowest BCUT2D eigenvalue weighted by atomic mass is 9.94. The van der Waals surface area contributed by atoms with Crippen LogP contribution in [0.2, 0.25) is 5.02 Å². The number of hydrogen-bond donors (Lipinski definition) is 3. The molecule has 0 unspecified atom stereocenters. The van der Waals surface area contributed by atoms with Gasteiger partial charge >= 0.3 is 0 Å². The van der Waals surface area contributed by atoms with Gasteiger partial charge in [0, 0.05) is 64.3 Å². The molecule has 3 atom stereocenters. The van der Waals surface area contributed by atoms with Crippen molar-refractivity contribution in [3.05, 3.63) is 40.7 Å². The third kappa shape index (κ3) is 7.22. The number of hydrogen-bond acceptors (Lipinski definition) is 6. The van der Waals surface area contributed by atoms with E-state index in [4.69, 9.17) is 11.6 Å². The minimum Gasteiger partial charge on any atom is -0.396 e. The Morgan fingerprint density at radius 1 is 1.24 bits per heavy atom. The van der Waals surface area contributed by atoms with Crippen molar-refractivity contribution in [3.63, 3.8) is 0 Å². The number of aliphatic hydroxyl groups is 3. The van der Waals surface area contributed by atoms with Crippen molar-refractivity contribution in [2.45, 2.75) is 25.0 Å². The van der Waals surface area contributed by atoms with Gasteiger partial charge in [-0.15, -0.1) is 0 Å². The Balaban J connectivity index is 1.49. The summed E-state index contributed by atoms with van der Waals surface area (Å²) in [6.07, 6.45) is 2.33. The summed E-state index contributed by atoms with van der Waals surface area (Å²) in [4.78, 5) is 30.2. The van der Waals surface area contributed by atoms with E-state index in [1.165, 1.54) is 24.3 Å². The lowest BCUT2D eigenvalue weighted by molar-refractivity contribution is -0.132. The first kappa shape index (κ1) is 25.6. The highest BCUT2D eigenvalue weighted by molar-refractivity contribution is 6.30. The second-order valence-corrected chi connectivity index (χ2v) is 9.04. The number of halogens is 2. The second kappa shape index (κ2) is 11.9. The van der Waals surface area contributed by atoms with Crippen LogP contribution in [0.5, 0.6) is 0 Å². The van der Waals surface area contributed by atoms with Crippen LogP contribution in [-0.4, -0.2) is 106 Å². The number of nitrogens with zero attached hydrogens (tertiary/aromatic N) is 3. The number of likely N-dealkylation sites (tertiary alicyclic amines) is 1. The van der Waals surface area contributed by atoms with E-state index in [0.717, 1.165) is 0 Å². The largest absolute Gasteiger partial charge is 0.396 e. The summed E-state index contributed by atoms with van der Waals surface area (Å²) < 4.78 is 13.3. The van der Waals surface area contributed by atoms with Gasteiger partial charge in [-0.1, -0.05) is 17.7 Å². The van der Waals surface area contributed by atoms with Crippen molar-refractivity contribution in [1.82, 2.24) is 14.7 Å². The summed E-state index contributed by atoms with van der Waals surface area (Å²) in [5, 5.41) is 29.8. The molecule has 8 nitrogen and oxygen atoms in total. The van der Waals surface area contributed by atoms with Gasteiger partial charge in [-0.05, 0) is 36.7 Å². The van der Waals surface area contributed by atoms with Crippen LogP contribution in [0.1, 0.15) is 18.4 Å². The minimum absolute atomic E-state index is 0.0218. The van der Waals surface area contributed by atoms with Gasteiger partial charge in [-0.2, -0.15) is 0 Å². The van der Waals surface area contributed by atoms with Gasteiger partial charge < -0.3 is 25.1 Å². The van der Waals surface area contributed by atoms with Crippen molar-refractivity contribution in [1.29, 1.82) is 0 Å². The van der Waals surface area contributed by atoms with Gasteiger partial charge in [0.2, 0.25) is 11.8 Å². The zero-order valence-electron chi connectivity index (χ0n) is 18.4. The standard InChI is InChI=1S/C23H31ClFN3O5/c24-19-11-16(1-3-20(19)25)2-4-22(32)27-8-6-23(33)28(10-9-27)13-18(30)12-26-7-5-17(15-29)21(31)14-26/h1-4,11,17-18,21,29-31H,5-10,12-15H2/b4-2+/t17-,18+,21+/m1/s1. The van der Waals surface area contributed by atoms with Crippen molar-refractivity contribution in [3.8, 4) is 0 Å². The number of benzene rings is 1. The first-order chi connectivity index (χ1) is 15.8. The summed E-state index contributed by atoms with van der Waals surface area (Å²) in [5.74, 6) is -1.05. The molecule has 182 valence electrons. The molecule has 33 heavy (non-hydrogen) atoms. The Kier molecular flexibility index (Phi) is 9.22. The fourth-order valence-corrected chi connectivity index (χ4v) is 4.39. The van der Waals surface area contributed by atoms with Crippen LogP contribution in [-0.2, 0) is 9.59 Å². The number of carbonyl (C=O) groups is 2. The Hall–Kier alpha value is -2.04. The third-order valence-corrected chi connectivity index (χ3v) is 6.49. The van der Waals surface area contributed by atoms with Gasteiger partial charge in [-0.25, -0.2) is 4.39 Å². The molecule has 2 aliphatic heterocycles. The van der Waals surface area contributed by atoms with E-state index in [9.17, 15) is 29.3 Å². The number of amides is 2. The Morgan fingerprint density at radius 2 is 2.03 bits per heavy atom. The maximum Gasteiger partial charge on any atom is 0.246 e. The Morgan fingerprint density at radius 3 is 2.73 bits per heavy atom. The maximum absolute atomic E-state index is 13.3. The molecule has 0 aliphatic carbocycles. The lowest BCUT2D eigenvalue weighted by Gasteiger charge is -2.36. The van der Waals surface area contributed by atoms with Gasteiger partial charge in [0.15, 0.2) is 0 Å². The average Bonchev–Trinajstić information content (AvgIpc) is 2.96. The van der Waals surface area contributed by atoms with E-state index >= 15 is 0 Å². The van der Waals surface area contributed by atoms with Gasteiger partial charge in [-0.3, -0.25) is 14.5 Å². The molecule has 0 saturated carbocycles. The minimum atomic E-state index is -0.780. The van der Waals surface area contributed by atoms with Gasteiger partial charge in [0.05, 0.1) is 17.2 Å². The summed E-state index contributed by atoms with van der Waals surface area (Å²) in [5.41, 5.74) is 0.596. The Bertz CT molecular complexity index is 870. The fourth-order valence-electron chi connectivity index (χ4n) is 4.20. The monoisotopic (exact) mass is 483 g/mol. The molecule has 1 aromatic rings. The Labute approximate surface area is 197 Å². The van der Waals surface area contributed by atoms with Crippen molar-refractivity contribution < 1.29 is 29.3 Å². The fraction of sp³-hybridized carbons (Fsp3) is 0.565. The molecule has 3 rings (SSSR count). The van der Waals surface area contributed by atoms with E-state index in [-0.39, 0.29) is 48.9 Å². The zero-order chi connectivity index (χ0) is 24.0. The van der Waals surface area contributed by atoms with Crippen LogP contribution < -0.4 is 0 Å². The summed E-state index contributed by atoms with van der Waals surface area (Å²) in [6.45, 7) is 2.40. The van der Waals surface area contributed by atoms with E-state index in [1.54, 1.807) is 15.9 Å². The summed E-state index contributed by atoms with van der Waals surface area (Å²) in [7, 11) is 0. The van der Waals surface area contributed by atoms with E-state index in [2.05, 4.69) is 0 Å². The predicted octanol–water partition coefficient (Wildman–Crippen LogP) is 0.589. The molecule has 2 fully saturated rings. The molecule has 0 spiro atoms. The number of piperidine rings is 1. The third-order valence-electron chi connectivity index (χ3n) is 6.20. The molecule has 2 amide bonds. The molecule has 3 N–H and O–H groups in total. The van der Waals surface area contributed by atoms with Crippen LogP contribution in [0.15, 0.2) is 24.3 Å². The first-order valence-electron chi connectivity index (χ1n) is 11.2. The first-order valence-corrected chi connectivity index (χ1v) is 11.5. The highest BCUT2D eigenvalue weighted by Crippen LogP contribution is 2.18. The van der Waals surface area contributed by atoms with Gasteiger partial charge in [0.1, 0.15) is 5.82 Å². The lowest BCUT2D eigenvalue weighted by Crippen LogP contribution is -2.49. The molecule has 0 aromatic heterocycles. The van der Waals surface area contributed by atoms with E-state index in [0.29, 0.717) is 44.7 Å². The van der Waals surface area contributed by atoms with Crippen LogP contribution in [0.25, 0.3) is 6.08 Å². The SMILES string of the molecule is O=C(/C=C/c1ccc(F)c(Cl)c1)N1CCC(=O)N(C[C@@H](O)CN2CC[C@H](CO)[C@@H](O)C2)CC1. The number of β-amino-alcohol motifs (C(OH)–C–C–N with tert-alkyl or cyclic N) is 2. The van der Waals surface area contributed by atoms with Crippen molar-refractivity contribution in [2.24, 2.45) is 5.92 Å².